The van der Waals surface area contributed by atoms with Gasteiger partial charge in [-0.3, -0.25) is 15.3 Å². The predicted molar refractivity (Wildman–Crippen MR) is 102 cm³/mol. The Hall–Kier alpha value is -2.87. The van der Waals surface area contributed by atoms with Crippen molar-refractivity contribution >= 4 is 16.7 Å². The number of pyridine rings is 1. The zero-order valence-corrected chi connectivity index (χ0v) is 15.5. The van der Waals surface area contributed by atoms with Gasteiger partial charge in [0.2, 0.25) is 0 Å². The molecule has 0 atom stereocenters. The van der Waals surface area contributed by atoms with E-state index in [1.54, 1.807) is 12.1 Å². The van der Waals surface area contributed by atoms with Gasteiger partial charge >= 0.3 is 6.18 Å². The number of hydroxylamine groups is 1. The lowest BCUT2D eigenvalue weighted by Crippen LogP contribution is -2.31. The number of nitrogens with one attached hydrogen (secondary N) is 2. The second-order valence-electron chi connectivity index (χ2n) is 7.60. The largest absolute Gasteiger partial charge is 0.417 e. The monoisotopic (exact) mass is 400 g/mol. The van der Waals surface area contributed by atoms with Crippen LogP contribution in [-0.2, 0) is 11.0 Å². The molecule has 150 valence electrons. The average molecular weight is 400 g/mol. The lowest BCUT2D eigenvalue weighted by atomic mass is 9.84. The number of H-pyrrole nitrogens is 1. The first-order valence-electron chi connectivity index (χ1n) is 9.63. The van der Waals surface area contributed by atoms with E-state index in [0.717, 1.165) is 37.4 Å². The number of nitrogens with zero attached hydrogens (tertiary/aromatic N) is 2. The molecule has 5 rings (SSSR count). The summed E-state index contributed by atoms with van der Waals surface area (Å²) in [7, 11) is 0. The molecule has 3 heterocycles. The zero-order chi connectivity index (χ0) is 20.1. The molecule has 1 saturated carbocycles. The molecule has 0 saturated heterocycles. The Balaban J connectivity index is 1.52. The molecule has 8 heteroatoms. The number of aromatic amines is 1. The van der Waals surface area contributed by atoms with Gasteiger partial charge in [-0.05, 0) is 31.1 Å². The maximum Gasteiger partial charge on any atom is 0.417 e. The minimum absolute atomic E-state index is 0.0362. The van der Waals surface area contributed by atoms with E-state index in [1.807, 2.05) is 0 Å². The Labute approximate surface area is 165 Å². The van der Waals surface area contributed by atoms with Crippen LogP contribution in [0.15, 0.2) is 42.6 Å². The highest BCUT2D eigenvalue weighted by Crippen LogP contribution is 2.39. The van der Waals surface area contributed by atoms with Gasteiger partial charge < -0.3 is 4.98 Å². The highest BCUT2D eigenvalue weighted by atomic mass is 19.4. The van der Waals surface area contributed by atoms with Gasteiger partial charge in [-0.15, -0.1) is 0 Å². The van der Waals surface area contributed by atoms with Crippen molar-refractivity contribution in [2.24, 2.45) is 0 Å². The molecule has 0 unspecified atom stereocenters. The van der Waals surface area contributed by atoms with Gasteiger partial charge in [-0.2, -0.15) is 13.2 Å². The van der Waals surface area contributed by atoms with E-state index in [-0.39, 0.29) is 16.9 Å². The van der Waals surface area contributed by atoms with Crippen LogP contribution in [-0.4, -0.2) is 20.6 Å². The molecule has 1 aliphatic carbocycles. The summed E-state index contributed by atoms with van der Waals surface area (Å²) >= 11 is 0. The molecule has 2 aliphatic rings. The number of fused-ring (bicyclic) bond motifs is 1. The van der Waals surface area contributed by atoms with Gasteiger partial charge in [0.25, 0.3) is 0 Å². The summed E-state index contributed by atoms with van der Waals surface area (Å²) in [6.45, 7) is 0. The maximum absolute atomic E-state index is 13.4. The van der Waals surface area contributed by atoms with E-state index in [0.29, 0.717) is 16.9 Å². The fourth-order valence-electron chi connectivity index (χ4n) is 4.13. The first-order valence-corrected chi connectivity index (χ1v) is 9.63. The van der Waals surface area contributed by atoms with Gasteiger partial charge in [-0.1, -0.05) is 37.5 Å². The number of aromatic nitrogens is 3. The Kier molecular flexibility index (Phi) is 4.13. The van der Waals surface area contributed by atoms with Crippen molar-refractivity contribution in [3.63, 3.8) is 0 Å². The molecular weight excluding hydrogens is 381 g/mol. The van der Waals surface area contributed by atoms with Crippen LogP contribution < -0.4 is 5.48 Å². The van der Waals surface area contributed by atoms with Crippen molar-refractivity contribution in [3.8, 4) is 11.3 Å². The SMILES string of the molecule is FC(F)(F)c1ccccc1-c1cc2nc(C3=CC4(CCCCC4)ON3)[nH]c2cn1. The fraction of sp³-hybridized carbons (Fsp3) is 0.333. The lowest BCUT2D eigenvalue weighted by Gasteiger charge is -2.29. The molecule has 0 amide bonds. The van der Waals surface area contributed by atoms with Gasteiger partial charge in [0, 0.05) is 5.56 Å². The van der Waals surface area contributed by atoms with E-state index >= 15 is 0 Å². The van der Waals surface area contributed by atoms with Crippen molar-refractivity contribution < 1.29 is 18.0 Å². The van der Waals surface area contributed by atoms with Crippen LogP contribution in [0.1, 0.15) is 43.5 Å². The second-order valence-corrected chi connectivity index (χ2v) is 7.60. The average Bonchev–Trinajstić information content (AvgIpc) is 3.32. The number of hydrogen-bond donors (Lipinski definition) is 2. The summed E-state index contributed by atoms with van der Waals surface area (Å²) < 4.78 is 40.1. The number of rotatable bonds is 2. The molecule has 2 N–H and O–H groups in total. The van der Waals surface area contributed by atoms with Crippen LogP contribution in [0.5, 0.6) is 0 Å². The standard InChI is InChI=1S/C21H19F3N4O/c22-21(23,24)14-7-3-2-6-13(14)15-10-16-18(12-25-15)27-19(26-16)17-11-20(29-28-17)8-4-1-5-9-20/h2-3,6-7,10-12,28H,1,4-5,8-9H2,(H,26,27). The zero-order valence-electron chi connectivity index (χ0n) is 15.5. The first kappa shape index (κ1) is 18.2. The highest BCUT2D eigenvalue weighted by Gasteiger charge is 2.37. The minimum Gasteiger partial charge on any atom is -0.335 e. The topological polar surface area (TPSA) is 62.8 Å². The molecule has 0 bridgehead atoms. The Bertz CT molecular complexity index is 1100. The third-order valence-corrected chi connectivity index (χ3v) is 5.60. The van der Waals surface area contributed by atoms with Crippen LogP contribution in [0, 0.1) is 0 Å². The maximum atomic E-state index is 13.4. The van der Waals surface area contributed by atoms with Crippen molar-refractivity contribution in [1.29, 1.82) is 0 Å². The molecule has 1 aliphatic heterocycles. The minimum atomic E-state index is -4.45. The quantitative estimate of drug-likeness (QED) is 0.619. The number of halogens is 3. The summed E-state index contributed by atoms with van der Waals surface area (Å²) in [5, 5.41) is 0. The Morgan fingerprint density at radius 3 is 2.66 bits per heavy atom. The van der Waals surface area contributed by atoms with Crippen molar-refractivity contribution in [1.82, 2.24) is 20.4 Å². The van der Waals surface area contributed by atoms with Crippen LogP contribution in [0.25, 0.3) is 28.0 Å². The number of hydrogen-bond acceptors (Lipinski definition) is 4. The molecule has 1 aromatic carbocycles. The third kappa shape index (κ3) is 3.27. The van der Waals surface area contributed by atoms with Gasteiger partial charge in [0.1, 0.15) is 11.3 Å². The molecule has 0 radical (unpaired) electrons. The van der Waals surface area contributed by atoms with Gasteiger partial charge in [0.15, 0.2) is 5.82 Å². The number of benzene rings is 1. The molecule has 29 heavy (non-hydrogen) atoms. The van der Waals surface area contributed by atoms with E-state index in [4.69, 9.17) is 4.84 Å². The molecular formula is C21H19F3N4O. The van der Waals surface area contributed by atoms with Gasteiger partial charge in [0.05, 0.1) is 28.5 Å². The lowest BCUT2D eigenvalue weighted by molar-refractivity contribution is -0.137. The van der Waals surface area contributed by atoms with Crippen LogP contribution in [0.2, 0.25) is 0 Å². The number of imidazole rings is 1. The smallest absolute Gasteiger partial charge is 0.335 e. The summed E-state index contributed by atoms with van der Waals surface area (Å²) in [6.07, 6.45) is 4.52. The predicted octanol–water partition coefficient (Wildman–Crippen LogP) is 5.22. The molecule has 3 aromatic rings. The van der Waals surface area contributed by atoms with Crippen molar-refractivity contribution in [3.05, 3.63) is 54.0 Å². The van der Waals surface area contributed by atoms with Crippen LogP contribution in [0.3, 0.4) is 0 Å². The van der Waals surface area contributed by atoms with Crippen molar-refractivity contribution in [2.75, 3.05) is 0 Å². The fourth-order valence-corrected chi connectivity index (χ4v) is 4.13. The summed E-state index contributed by atoms with van der Waals surface area (Å²) in [5.41, 5.74) is 4.19. The summed E-state index contributed by atoms with van der Waals surface area (Å²) in [5.74, 6) is 0.588. The van der Waals surface area contributed by atoms with E-state index in [2.05, 4.69) is 26.5 Å². The Morgan fingerprint density at radius 2 is 1.86 bits per heavy atom. The van der Waals surface area contributed by atoms with Crippen LogP contribution >= 0.6 is 0 Å². The highest BCUT2D eigenvalue weighted by molar-refractivity contribution is 5.82. The molecule has 1 spiro atoms. The van der Waals surface area contributed by atoms with Crippen molar-refractivity contribution in [2.45, 2.75) is 43.9 Å². The first-order chi connectivity index (χ1) is 13.9. The van der Waals surface area contributed by atoms with E-state index in [1.165, 1.54) is 24.8 Å². The van der Waals surface area contributed by atoms with E-state index in [9.17, 15) is 13.2 Å². The van der Waals surface area contributed by atoms with E-state index < -0.39 is 11.7 Å². The second kappa shape index (κ2) is 6.59. The normalized spacial score (nSPS) is 18.8. The summed E-state index contributed by atoms with van der Waals surface area (Å²) in [6, 6.07) is 7.00. The molecule has 1 fully saturated rings. The molecule has 5 nitrogen and oxygen atoms in total. The van der Waals surface area contributed by atoms with Crippen LogP contribution in [0.4, 0.5) is 13.2 Å². The number of alkyl halides is 3. The molecule has 2 aromatic heterocycles. The Morgan fingerprint density at radius 1 is 1.07 bits per heavy atom. The van der Waals surface area contributed by atoms with Gasteiger partial charge in [-0.25, -0.2) is 4.98 Å². The third-order valence-electron chi connectivity index (χ3n) is 5.60. The summed E-state index contributed by atoms with van der Waals surface area (Å²) in [4.78, 5) is 17.8.